The Hall–Kier alpha value is -2.44. The number of hydrogen-bond acceptors (Lipinski definition) is 6. The van der Waals surface area contributed by atoms with Crippen molar-refractivity contribution in [3.63, 3.8) is 0 Å². The van der Waals surface area contributed by atoms with Gasteiger partial charge in [0.2, 0.25) is 0 Å². The molecule has 2 unspecified atom stereocenters. The lowest BCUT2D eigenvalue weighted by molar-refractivity contribution is -0.161. The summed E-state index contributed by atoms with van der Waals surface area (Å²) >= 11 is 0. The number of carbonyl (C=O) groups is 2. The van der Waals surface area contributed by atoms with Crippen LogP contribution in [0.25, 0.3) is 0 Å². The van der Waals surface area contributed by atoms with E-state index in [0.717, 1.165) is 57.8 Å². The van der Waals surface area contributed by atoms with Crippen molar-refractivity contribution < 1.29 is 28.9 Å². The van der Waals surface area contributed by atoms with Crippen LogP contribution in [0.5, 0.6) is 0 Å². The molecule has 1 saturated heterocycles. The molecule has 1 rings (SSSR count). The van der Waals surface area contributed by atoms with Crippen molar-refractivity contribution in [2.45, 2.75) is 206 Å². The number of unbranched alkanes of at least 4 members (excludes halogenated alkanes) is 17. The molecule has 0 spiro atoms. The van der Waals surface area contributed by atoms with Gasteiger partial charge in [0.1, 0.15) is 6.61 Å². The fourth-order valence-corrected chi connectivity index (χ4v) is 6.15. The van der Waals surface area contributed by atoms with Crippen LogP contribution in [0.1, 0.15) is 187 Å². The number of epoxide rings is 1. The third-order valence-corrected chi connectivity index (χ3v) is 9.49. The van der Waals surface area contributed by atoms with Gasteiger partial charge in [-0.05, 0) is 51.4 Å². The number of carbonyl (C=O) groups excluding carboxylic acids is 2. The number of esters is 2. The van der Waals surface area contributed by atoms with Gasteiger partial charge in [-0.3, -0.25) is 9.59 Å². The molecule has 1 N–H and O–H groups in total. The maximum Gasteiger partial charge on any atom is 0.306 e. The Morgan fingerprint density at radius 3 is 1.48 bits per heavy atom. The highest BCUT2D eigenvalue weighted by atomic mass is 16.6. The molecule has 1 heterocycles. The minimum Gasteiger partial charge on any atom is -0.462 e. The molecule has 1 aliphatic rings. The van der Waals surface area contributed by atoms with Gasteiger partial charge in [-0.25, -0.2) is 0 Å². The second kappa shape index (κ2) is 36.9. The molecule has 6 nitrogen and oxygen atoms in total. The van der Waals surface area contributed by atoms with Crippen LogP contribution in [0.2, 0.25) is 0 Å². The maximum absolute atomic E-state index is 12.2. The first-order valence-electron chi connectivity index (χ1n) is 21.5. The molecule has 0 bridgehead atoms. The Morgan fingerprint density at radius 1 is 0.558 bits per heavy atom. The fourth-order valence-electron chi connectivity index (χ4n) is 6.15. The molecule has 0 aromatic rings. The number of rotatable bonds is 37. The van der Waals surface area contributed by atoms with E-state index in [2.05, 4.69) is 62.5 Å². The zero-order chi connectivity index (χ0) is 37.6. The van der Waals surface area contributed by atoms with Gasteiger partial charge in [-0.2, -0.15) is 0 Å². The predicted octanol–water partition coefficient (Wildman–Crippen LogP) is 12.6. The lowest BCUT2D eigenvalue weighted by Crippen LogP contribution is -2.28. The smallest absolute Gasteiger partial charge is 0.306 e. The summed E-state index contributed by atoms with van der Waals surface area (Å²) in [5.41, 5.74) is 0. The van der Waals surface area contributed by atoms with Gasteiger partial charge >= 0.3 is 11.9 Å². The first-order valence-corrected chi connectivity index (χ1v) is 21.5. The van der Waals surface area contributed by atoms with E-state index in [0.29, 0.717) is 25.0 Å². The van der Waals surface area contributed by atoms with Crippen molar-refractivity contribution in [3.8, 4) is 0 Å². The van der Waals surface area contributed by atoms with Crippen LogP contribution >= 0.6 is 0 Å². The summed E-state index contributed by atoms with van der Waals surface area (Å²) in [6.45, 7) is 3.96. The molecular formula is C46H78O6. The number of allylic oxidation sites excluding steroid dienone is 8. The Morgan fingerprint density at radius 2 is 1.00 bits per heavy atom. The first-order chi connectivity index (χ1) is 25.6. The molecule has 298 valence electrons. The normalized spacial score (nSPS) is 16.7. The highest BCUT2D eigenvalue weighted by Gasteiger charge is 2.35. The Labute approximate surface area is 319 Å². The second-order valence-electron chi connectivity index (χ2n) is 14.4. The molecule has 0 aliphatic carbocycles. The Balaban J connectivity index is 1.91. The first kappa shape index (κ1) is 47.6. The summed E-state index contributed by atoms with van der Waals surface area (Å²) in [5.74, 6) is -0.690. The quantitative estimate of drug-likeness (QED) is 0.0297. The van der Waals surface area contributed by atoms with E-state index in [1.807, 2.05) is 12.2 Å². The summed E-state index contributed by atoms with van der Waals surface area (Å²) in [6, 6.07) is 0. The van der Waals surface area contributed by atoms with Crippen LogP contribution in [-0.4, -0.2) is 48.6 Å². The molecule has 0 amide bonds. The fraction of sp³-hybridized carbons (Fsp3) is 0.739. The van der Waals surface area contributed by atoms with Crippen molar-refractivity contribution in [2.75, 3.05) is 13.2 Å². The molecule has 0 aromatic carbocycles. The topological polar surface area (TPSA) is 85.4 Å². The second-order valence-corrected chi connectivity index (χ2v) is 14.4. The van der Waals surface area contributed by atoms with Gasteiger partial charge in [0.15, 0.2) is 6.10 Å². The lowest BCUT2D eigenvalue weighted by Gasteiger charge is -2.15. The number of ether oxygens (including phenoxy) is 3. The van der Waals surface area contributed by atoms with Crippen molar-refractivity contribution >= 4 is 11.9 Å². The van der Waals surface area contributed by atoms with Gasteiger partial charge in [-0.1, -0.05) is 184 Å². The molecule has 0 radical (unpaired) electrons. The van der Waals surface area contributed by atoms with E-state index in [9.17, 15) is 14.7 Å². The third-order valence-electron chi connectivity index (χ3n) is 9.49. The molecular weight excluding hydrogens is 648 g/mol. The van der Waals surface area contributed by atoms with E-state index >= 15 is 0 Å². The van der Waals surface area contributed by atoms with Gasteiger partial charge in [-0.15, -0.1) is 0 Å². The summed E-state index contributed by atoms with van der Waals surface area (Å²) in [4.78, 5) is 24.3. The molecule has 6 heteroatoms. The summed E-state index contributed by atoms with van der Waals surface area (Å²) in [6.07, 6.45) is 52.0. The van der Waals surface area contributed by atoms with Crippen LogP contribution in [0.4, 0.5) is 0 Å². The molecule has 0 saturated carbocycles. The molecule has 0 aromatic heterocycles. The SMILES string of the molecule is CC/C=C\CC1OC1C/C=C\C/C=C\C/C=C\C/C=C\CCC(=O)O[C@@H](CO)COC(=O)CCCCCCCCCCCCCCCCCCCC. The molecule has 1 aliphatic heterocycles. The molecule has 52 heavy (non-hydrogen) atoms. The van der Waals surface area contributed by atoms with Crippen molar-refractivity contribution in [1.82, 2.24) is 0 Å². The Kier molecular flexibility index (Phi) is 33.8. The van der Waals surface area contributed by atoms with E-state index in [-0.39, 0.29) is 25.6 Å². The van der Waals surface area contributed by atoms with Crippen LogP contribution < -0.4 is 0 Å². The van der Waals surface area contributed by atoms with E-state index < -0.39 is 12.1 Å². The average Bonchev–Trinajstić information content (AvgIpc) is 3.90. The van der Waals surface area contributed by atoms with Crippen molar-refractivity contribution in [3.05, 3.63) is 60.8 Å². The zero-order valence-corrected chi connectivity index (χ0v) is 33.5. The summed E-state index contributed by atoms with van der Waals surface area (Å²) in [5, 5.41) is 9.57. The highest BCUT2D eigenvalue weighted by Crippen LogP contribution is 2.29. The van der Waals surface area contributed by atoms with Crippen molar-refractivity contribution in [2.24, 2.45) is 0 Å². The molecule has 1 fully saturated rings. The Bertz CT molecular complexity index is 979. The largest absolute Gasteiger partial charge is 0.462 e. The summed E-state index contributed by atoms with van der Waals surface area (Å²) < 4.78 is 16.2. The lowest BCUT2D eigenvalue weighted by atomic mass is 10.0. The minimum absolute atomic E-state index is 0.0987. The van der Waals surface area contributed by atoms with E-state index in [4.69, 9.17) is 14.2 Å². The van der Waals surface area contributed by atoms with Gasteiger partial charge < -0.3 is 19.3 Å². The standard InChI is InChI=1S/C46H78O6/c1-3-5-7-8-9-10-11-12-13-14-15-16-17-21-24-27-30-34-38-45(48)50-41-42(40-47)51-46(49)39-35-31-28-25-22-19-18-20-23-26-29-33-37-44-43(52-44)36-32-6-4-2/h6,19-20,22-23,28-29,31-33,42-44,47H,3-5,7-18,21,24-27,30,34-41H2,1-2H3/b22-19-,23-20-,31-28-,32-6-,33-29-/t42-,43?,44?/m0/s1. The van der Waals surface area contributed by atoms with Crippen LogP contribution in [0.15, 0.2) is 60.8 Å². The zero-order valence-electron chi connectivity index (χ0n) is 33.5. The van der Waals surface area contributed by atoms with Crippen LogP contribution in [0.3, 0.4) is 0 Å². The van der Waals surface area contributed by atoms with Gasteiger partial charge in [0.25, 0.3) is 0 Å². The summed E-state index contributed by atoms with van der Waals surface area (Å²) in [7, 11) is 0. The maximum atomic E-state index is 12.2. The highest BCUT2D eigenvalue weighted by molar-refractivity contribution is 5.70. The number of aliphatic hydroxyl groups excluding tert-OH is 1. The van der Waals surface area contributed by atoms with E-state index in [1.165, 1.54) is 96.3 Å². The molecule has 3 atom stereocenters. The third kappa shape index (κ3) is 32.2. The predicted molar refractivity (Wildman–Crippen MR) is 218 cm³/mol. The number of aliphatic hydroxyl groups is 1. The monoisotopic (exact) mass is 727 g/mol. The van der Waals surface area contributed by atoms with Crippen LogP contribution in [-0.2, 0) is 23.8 Å². The number of hydrogen-bond donors (Lipinski definition) is 1. The van der Waals surface area contributed by atoms with Gasteiger partial charge in [0, 0.05) is 12.8 Å². The van der Waals surface area contributed by atoms with E-state index in [1.54, 1.807) is 0 Å². The minimum atomic E-state index is -0.815. The van der Waals surface area contributed by atoms with Gasteiger partial charge in [0.05, 0.1) is 18.8 Å². The van der Waals surface area contributed by atoms with Crippen molar-refractivity contribution in [1.29, 1.82) is 0 Å². The average molecular weight is 727 g/mol. The van der Waals surface area contributed by atoms with Crippen LogP contribution in [0, 0.1) is 0 Å².